The molecule has 4 N–H and O–H groups in total. The first-order chi connectivity index (χ1) is 10.7. The first-order valence-electron chi connectivity index (χ1n) is 7.06. The summed E-state index contributed by atoms with van der Waals surface area (Å²) in [4.78, 5) is 28.1. The number of carboxylic acids is 1. The molecule has 10 heteroatoms. The summed E-state index contributed by atoms with van der Waals surface area (Å²) in [6.07, 6.45) is 0.237. The Hall–Kier alpha value is -1.94. The van der Waals surface area contributed by atoms with Gasteiger partial charge in [0.25, 0.3) is 0 Å². The molecule has 1 amide bonds. The number of amides is 1. The number of carbonyl (C=O) groups is 2. The number of rotatable bonds is 7. The minimum atomic E-state index is -3.57. The molecular formula is C13H19N3O6S. The van der Waals surface area contributed by atoms with Crippen molar-refractivity contribution in [2.24, 2.45) is 16.6 Å². The topological polar surface area (TPSA) is 150 Å². The summed E-state index contributed by atoms with van der Waals surface area (Å²) in [6, 6.07) is -0.485. The average molecular weight is 345 g/mol. The van der Waals surface area contributed by atoms with Gasteiger partial charge in [-0.05, 0) is 18.9 Å². The summed E-state index contributed by atoms with van der Waals surface area (Å²) in [5.74, 6) is -3.21. The number of nitrogens with two attached hydrogens (primary N) is 1. The molecule has 2 aliphatic heterocycles. The number of carbonyl (C=O) groups excluding carboxylic acids is 1. The summed E-state index contributed by atoms with van der Waals surface area (Å²) in [6.45, 7) is 1.46. The van der Waals surface area contributed by atoms with Crippen molar-refractivity contribution in [1.82, 2.24) is 4.90 Å². The highest BCUT2D eigenvalue weighted by Gasteiger charge is 2.56. The summed E-state index contributed by atoms with van der Waals surface area (Å²) >= 11 is 0. The van der Waals surface area contributed by atoms with Crippen LogP contribution in [0, 0.1) is 5.92 Å². The standard InChI is InChI=1S/C13H19N3O6S/c1-7(17)10-9-4-8(5-23(21,22)3-2-15-6-14)11(13(19)20)16(9)12(10)18/h6-7,9-10,17H,2-5H2,1H3,(H2,14,15)(H,19,20). The average Bonchev–Trinajstić information content (AvgIpc) is 2.72. The summed E-state index contributed by atoms with van der Waals surface area (Å²) in [7, 11) is -3.57. The third-order valence-electron chi connectivity index (χ3n) is 4.05. The second kappa shape index (κ2) is 6.28. The van der Waals surface area contributed by atoms with Gasteiger partial charge in [-0.25, -0.2) is 13.2 Å². The number of carboxylic acid groups (broad SMARTS) is 1. The van der Waals surface area contributed by atoms with Crippen molar-refractivity contribution in [2.45, 2.75) is 25.5 Å². The van der Waals surface area contributed by atoms with E-state index in [-0.39, 0.29) is 30.0 Å². The maximum Gasteiger partial charge on any atom is 0.352 e. The van der Waals surface area contributed by atoms with Gasteiger partial charge >= 0.3 is 5.97 Å². The second-order valence-corrected chi connectivity index (χ2v) is 7.83. The van der Waals surface area contributed by atoms with E-state index in [1.807, 2.05) is 0 Å². The molecule has 0 aromatic carbocycles. The number of hydrogen-bond acceptors (Lipinski definition) is 6. The van der Waals surface area contributed by atoms with Gasteiger partial charge in [0.2, 0.25) is 5.91 Å². The lowest BCUT2D eigenvalue weighted by Crippen LogP contribution is -2.61. The highest BCUT2D eigenvalue weighted by Crippen LogP contribution is 2.43. The molecule has 0 aliphatic carbocycles. The molecule has 0 bridgehead atoms. The minimum absolute atomic E-state index is 0.00308. The van der Waals surface area contributed by atoms with Gasteiger partial charge in [0.05, 0.1) is 42.5 Å². The molecule has 2 heterocycles. The largest absolute Gasteiger partial charge is 0.477 e. The van der Waals surface area contributed by atoms with Crippen molar-refractivity contribution in [3.8, 4) is 0 Å². The Morgan fingerprint density at radius 1 is 1.57 bits per heavy atom. The first-order valence-corrected chi connectivity index (χ1v) is 8.88. The SMILES string of the molecule is CC(O)C1C(=O)N2C(C(=O)O)=C(CS(=O)(=O)CCN=CN)CC12. The van der Waals surface area contributed by atoms with Crippen LogP contribution in [0.3, 0.4) is 0 Å². The molecule has 1 saturated heterocycles. The number of aliphatic hydroxyl groups is 1. The van der Waals surface area contributed by atoms with Crippen molar-refractivity contribution in [1.29, 1.82) is 0 Å². The molecule has 0 saturated carbocycles. The van der Waals surface area contributed by atoms with Crippen LogP contribution in [0.4, 0.5) is 0 Å². The Balaban J connectivity index is 2.21. The van der Waals surface area contributed by atoms with Crippen LogP contribution in [0.1, 0.15) is 13.3 Å². The number of aliphatic imine (C=N–C) groups is 1. The van der Waals surface area contributed by atoms with Crippen molar-refractivity contribution >= 4 is 28.1 Å². The highest BCUT2D eigenvalue weighted by molar-refractivity contribution is 7.91. The van der Waals surface area contributed by atoms with Gasteiger partial charge in [0.1, 0.15) is 5.70 Å². The number of sulfone groups is 1. The fourth-order valence-corrected chi connectivity index (χ4v) is 4.41. The zero-order chi connectivity index (χ0) is 17.4. The summed E-state index contributed by atoms with van der Waals surface area (Å²) in [5, 5.41) is 18.9. The Morgan fingerprint density at radius 3 is 2.74 bits per heavy atom. The second-order valence-electron chi connectivity index (χ2n) is 5.65. The predicted octanol–water partition coefficient (Wildman–Crippen LogP) is -1.66. The molecule has 2 aliphatic rings. The lowest BCUT2D eigenvalue weighted by Gasteiger charge is -2.44. The van der Waals surface area contributed by atoms with Crippen LogP contribution in [0.5, 0.6) is 0 Å². The van der Waals surface area contributed by atoms with Crippen LogP contribution in [-0.4, -0.2) is 71.9 Å². The van der Waals surface area contributed by atoms with Crippen molar-refractivity contribution in [3.05, 3.63) is 11.3 Å². The zero-order valence-electron chi connectivity index (χ0n) is 12.5. The van der Waals surface area contributed by atoms with Crippen LogP contribution in [0.15, 0.2) is 16.3 Å². The van der Waals surface area contributed by atoms with Gasteiger partial charge in [-0.2, -0.15) is 0 Å². The van der Waals surface area contributed by atoms with Crippen LogP contribution in [0.25, 0.3) is 0 Å². The Labute approximate surface area is 133 Å². The molecule has 2 rings (SSSR count). The van der Waals surface area contributed by atoms with E-state index in [0.29, 0.717) is 0 Å². The molecule has 128 valence electrons. The number of aliphatic carboxylic acids is 1. The number of aliphatic hydroxyl groups excluding tert-OH is 1. The first kappa shape index (κ1) is 17.4. The number of fused-ring (bicyclic) bond motifs is 1. The molecule has 0 spiro atoms. The van der Waals surface area contributed by atoms with Gasteiger partial charge in [-0.15, -0.1) is 0 Å². The van der Waals surface area contributed by atoms with E-state index in [0.717, 1.165) is 11.2 Å². The predicted molar refractivity (Wildman–Crippen MR) is 81.3 cm³/mol. The van der Waals surface area contributed by atoms with Crippen LogP contribution in [0.2, 0.25) is 0 Å². The third kappa shape index (κ3) is 3.22. The van der Waals surface area contributed by atoms with Gasteiger partial charge in [-0.3, -0.25) is 9.79 Å². The molecule has 1 fully saturated rings. The highest BCUT2D eigenvalue weighted by atomic mass is 32.2. The number of nitrogens with zero attached hydrogens (tertiary/aromatic N) is 2. The molecular weight excluding hydrogens is 326 g/mol. The fourth-order valence-electron chi connectivity index (χ4n) is 3.09. The number of β-lactam (4-membered cyclic amide) rings is 1. The van der Waals surface area contributed by atoms with Gasteiger partial charge < -0.3 is 20.8 Å². The zero-order valence-corrected chi connectivity index (χ0v) is 13.4. The van der Waals surface area contributed by atoms with E-state index < -0.39 is 45.5 Å². The normalized spacial score (nSPS) is 25.7. The molecule has 0 radical (unpaired) electrons. The van der Waals surface area contributed by atoms with E-state index in [9.17, 15) is 28.2 Å². The summed E-state index contributed by atoms with van der Waals surface area (Å²) < 4.78 is 24.1. The monoisotopic (exact) mass is 345 g/mol. The Morgan fingerprint density at radius 2 is 2.22 bits per heavy atom. The van der Waals surface area contributed by atoms with E-state index >= 15 is 0 Å². The molecule has 9 nitrogen and oxygen atoms in total. The molecule has 3 unspecified atom stereocenters. The van der Waals surface area contributed by atoms with E-state index in [2.05, 4.69) is 4.99 Å². The van der Waals surface area contributed by atoms with Crippen LogP contribution < -0.4 is 5.73 Å². The minimum Gasteiger partial charge on any atom is -0.477 e. The van der Waals surface area contributed by atoms with Crippen molar-refractivity contribution < 1.29 is 28.2 Å². The maximum atomic E-state index is 12.1. The molecule has 23 heavy (non-hydrogen) atoms. The maximum absolute atomic E-state index is 12.1. The van der Waals surface area contributed by atoms with Crippen LogP contribution >= 0.6 is 0 Å². The van der Waals surface area contributed by atoms with Gasteiger partial charge in [0.15, 0.2) is 9.84 Å². The Bertz CT molecular complexity index is 682. The van der Waals surface area contributed by atoms with Crippen LogP contribution in [-0.2, 0) is 19.4 Å². The van der Waals surface area contributed by atoms with Gasteiger partial charge in [-0.1, -0.05) is 0 Å². The molecule has 0 aromatic rings. The lowest BCUT2D eigenvalue weighted by atomic mass is 9.83. The van der Waals surface area contributed by atoms with E-state index in [1.54, 1.807) is 0 Å². The lowest BCUT2D eigenvalue weighted by molar-refractivity contribution is -0.161. The Kier molecular flexibility index (Phi) is 4.76. The van der Waals surface area contributed by atoms with E-state index in [4.69, 9.17) is 5.73 Å². The molecule has 3 atom stereocenters. The summed E-state index contributed by atoms with van der Waals surface area (Å²) in [5.41, 5.74) is 4.96. The van der Waals surface area contributed by atoms with Gasteiger partial charge in [0, 0.05) is 0 Å². The fraction of sp³-hybridized carbons (Fsp3) is 0.615. The molecule has 0 aromatic heterocycles. The van der Waals surface area contributed by atoms with E-state index in [1.165, 1.54) is 6.92 Å². The van der Waals surface area contributed by atoms with Crippen molar-refractivity contribution in [2.75, 3.05) is 18.1 Å². The van der Waals surface area contributed by atoms with Crippen molar-refractivity contribution in [3.63, 3.8) is 0 Å². The number of hydrogen-bond donors (Lipinski definition) is 3. The quantitative estimate of drug-likeness (QED) is 0.284. The smallest absolute Gasteiger partial charge is 0.352 e. The third-order valence-corrected chi connectivity index (χ3v) is 5.65.